The lowest BCUT2D eigenvalue weighted by Gasteiger charge is -2.43. The minimum Gasteiger partial charge on any atom is -0.462 e. The van der Waals surface area contributed by atoms with Gasteiger partial charge in [-0.3, -0.25) is 18.7 Å². The van der Waals surface area contributed by atoms with Crippen molar-refractivity contribution in [3.63, 3.8) is 0 Å². The summed E-state index contributed by atoms with van der Waals surface area (Å²) in [6.07, 6.45) is 6.61. The van der Waals surface area contributed by atoms with Crippen molar-refractivity contribution in [3.8, 4) is 0 Å². The molecule has 44 heavy (non-hydrogen) atoms. The van der Waals surface area contributed by atoms with Crippen LogP contribution in [0.15, 0.2) is 23.8 Å². The molecule has 0 bridgehead atoms. The number of allylic oxidation sites excluding steroid dienone is 3. The molecular weight excluding hydrogens is 612 g/mol. The van der Waals surface area contributed by atoms with E-state index in [1.807, 2.05) is 13.8 Å². The number of rotatable bonds is 15. The quantitative estimate of drug-likeness (QED) is 0.0916. The van der Waals surface area contributed by atoms with Gasteiger partial charge in [0.2, 0.25) is 0 Å². The highest BCUT2D eigenvalue weighted by Crippen LogP contribution is 2.72. The number of cyclic esters (lactones) is 1. The highest BCUT2D eigenvalue weighted by molar-refractivity contribution is 7.72. The molecule has 1 saturated heterocycles. The molecule has 1 fully saturated rings. The van der Waals surface area contributed by atoms with E-state index < -0.39 is 51.3 Å². The number of unbranched alkanes of at least 4 members (excludes halogenated alkanes) is 2. The SMILES string of the molecule is CC[C@H](C)C(=O)O[C@H]1C[C@@H](C)C=C2C=C[C@H](C)[C@H](CC[C@H]3C[C@@H](OP(=O)(O)C(O)(CCCCCN)P(=O)(O)O)CC(=O)O3)[C@H]21. The third-order valence-electron chi connectivity index (χ3n) is 9.35. The van der Waals surface area contributed by atoms with Crippen molar-refractivity contribution < 1.29 is 52.5 Å². The number of esters is 2. The van der Waals surface area contributed by atoms with E-state index >= 15 is 0 Å². The van der Waals surface area contributed by atoms with Crippen LogP contribution in [-0.2, 0) is 32.7 Å². The summed E-state index contributed by atoms with van der Waals surface area (Å²) in [4.78, 5) is 55.7. The predicted octanol–water partition coefficient (Wildman–Crippen LogP) is 4.75. The number of ether oxygens (including phenoxy) is 2. The molecule has 2 aliphatic carbocycles. The number of carbonyl (C=O) groups excluding carboxylic acids is 2. The summed E-state index contributed by atoms with van der Waals surface area (Å²) in [6.45, 7) is 8.33. The molecule has 0 saturated carbocycles. The molecule has 3 aliphatic rings. The first-order valence-electron chi connectivity index (χ1n) is 15.8. The summed E-state index contributed by atoms with van der Waals surface area (Å²) < 4.78 is 42.3. The van der Waals surface area contributed by atoms with Crippen molar-refractivity contribution in [3.05, 3.63) is 23.8 Å². The summed E-state index contributed by atoms with van der Waals surface area (Å²) in [6, 6.07) is 0. The maximum absolute atomic E-state index is 13.2. The molecule has 6 N–H and O–H groups in total. The first-order valence-corrected chi connectivity index (χ1v) is 19.0. The fourth-order valence-electron chi connectivity index (χ4n) is 6.55. The Bertz CT molecular complexity index is 1170. The lowest BCUT2D eigenvalue weighted by Crippen LogP contribution is -2.42. The maximum Gasteiger partial charge on any atom is 0.372 e. The molecular formula is C30H51NO11P2. The van der Waals surface area contributed by atoms with Gasteiger partial charge in [-0.25, -0.2) is 0 Å². The van der Waals surface area contributed by atoms with Gasteiger partial charge in [-0.05, 0) is 74.8 Å². The van der Waals surface area contributed by atoms with Crippen molar-refractivity contribution in [1.82, 2.24) is 0 Å². The van der Waals surface area contributed by atoms with Crippen LogP contribution in [0.3, 0.4) is 0 Å². The average molecular weight is 664 g/mol. The minimum atomic E-state index is -5.52. The minimum absolute atomic E-state index is 0.0223. The lowest BCUT2D eigenvalue weighted by atomic mass is 9.65. The van der Waals surface area contributed by atoms with Crippen LogP contribution in [-0.4, -0.2) is 61.7 Å². The molecule has 1 heterocycles. The third kappa shape index (κ3) is 8.91. The van der Waals surface area contributed by atoms with Gasteiger partial charge >= 0.3 is 27.1 Å². The Kier molecular flexibility index (Phi) is 13.1. The Labute approximate surface area is 260 Å². The molecule has 12 nitrogen and oxygen atoms in total. The van der Waals surface area contributed by atoms with Crippen LogP contribution in [0.4, 0.5) is 0 Å². The highest BCUT2D eigenvalue weighted by atomic mass is 31.2. The van der Waals surface area contributed by atoms with Crippen molar-refractivity contribution in [2.45, 2.75) is 115 Å². The van der Waals surface area contributed by atoms with E-state index in [4.69, 9.17) is 19.7 Å². The topological polar surface area (TPSA) is 203 Å². The molecule has 0 aromatic rings. The summed E-state index contributed by atoms with van der Waals surface area (Å²) in [7, 11) is -10.8. The number of carbonyl (C=O) groups is 2. The monoisotopic (exact) mass is 663 g/mol. The molecule has 252 valence electrons. The Morgan fingerprint density at radius 1 is 1.16 bits per heavy atom. The van der Waals surface area contributed by atoms with Gasteiger partial charge in [-0.1, -0.05) is 52.3 Å². The van der Waals surface area contributed by atoms with Crippen molar-refractivity contribution in [2.75, 3.05) is 6.54 Å². The largest absolute Gasteiger partial charge is 0.462 e. The van der Waals surface area contributed by atoms with Crippen molar-refractivity contribution in [1.29, 1.82) is 0 Å². The third-order valence-corrected chi connectivity index (χ3v) is 13.8. The van der Waals surface area contributed by atoms with Crippen LogP contribution in [0.25, 0.3) is 0 Å². The van der Waals surface area contributed by atoms with Crippen LogP contribution < -0.4 is 5.73 Å². The zero-order valence-electron chi connectivity index (χ0n) is 26.2. The molecule has 2 unspecified atom stereocenters. The first-order chi connectivity index (χ1) is 20.5. The van der Waals surface area contributed by atoms with Crippen LogP contribution >= 0.6 is 15.2 Å². The second kappa shape index (κ2) is 15.5. The molecule has 0 radical (unpaired) electrons. The van der Waals surface area contributed by atoms with Crippen LogP contribution in [0.5, 0.6) is 0 Å². The Morgan fingerprint density at radius 3 is 2.50 bits per heavy atom. The number of nitrogens with two attached hydrogens (primary N) is 1. The maximum atomic E-state index is 13.2. The standard InChI is InChI=1S/C30H51NO11P2/c1-5-20(3)29(33)41-26-16-19(2)15-22-10-9-21(4)25(28(22)26)12-11-23-17-24(18-27(32)40-23)42-44(38,39)30(34,43(35,36)37)13-7-6-8-14-31/h9-10,15,19-21,23-26,28,34H,5-8,11-14,16-18,31H2,1-4H3,(H,38,39)(H2,35,36,37)/t19-,20-,21-,23-,24+,25-,26-,28-,30?/m0/s1. The van der Waals surface area contributed by atoms with Crippen molar-refractivity contribution in [2.24, 2.45) is 35.3 Å². The second-order valence-electron chi connectivity index (χ2n) is 12.9. The van der Waals surface area contributed by atoms with E-state index in [-0.39, 0.29) is 54.5 Å². The Morgan fingerprint density at radius 2 is 1.86 bits per heavy atom. The summed E-state index contributed by atoms with van der Waals surface area (Å²) in [5, 5.41) is 7.50. The van der Waals surface area contributed by atoms with Gasteiger partial charge in [0.15, 0.2) is 0 Å². The van der Waals surface area contributed by atoms with E-state index in [9.17, 15) is 38.5 Å². The Balaban J connectivity index is 1.72. The van der Waals surface area contributed by atoms with Crippen LogP contribution in [0.1, 0.15) is 91.9 Å². The smallest absolute Gasteiger partial charge is 0.372 e. The number of hydrogen-bond donors (Lipinski definition) is 5. The van der Waals surface area contributed by atoms with E-state index in [2.05, 4.69) is 32.1 Å². The number of aliphatic hydroxyl groups is 1. The Hall–Kier alpha value is -1.36. The average Bonchev–Trinajstić information content (AvgIpc) is 2.93. The lowest BCUT2D eigenvalue weighted by molar-refractivity contribution is -0.162. The van der Waals surface area contributed by atoms with Gasteiger partial charge in [0, 0.05) is 12.3 Å². The fourth-order valence-corrected chi connectivity index (χ4v) is 9.64. The zero-order chi connectivity index (χ0) is 32.9. The molecule has 0 aromatic carbocycles. The summed E-state index contributed by atoms with van der Waals surface area (Å²) in [5.41, 5.74) is 6.57. The molecule has 0 spiro atoms. The van der Waals surface area contributed by atoms with Crippen molar-refractivity contribution >= 4 is 27.1 Å². The molecule has 14 heteroatoms. The number of hydrogen-bond acceptors (Lipinski definition) is 9. The number of fused-ring (bicyclic) bond motifs is 1. The van der Waals surface area contributed by atoms with Gasteiger partial charge in [0.05, 0.1) is 18.4 Å². The normalized spacial score (nSPS) is 32.4. The van der Waals surface area contributed by atoms with Gasteiger partial charge < -0.3 is 39.5 Å². The van der Waals surface area contributed by atoms with Gasteiger partial charge in [-0.2, -0.15) is 0 Å². The zero-order valence-corrected chi connectivity index (χ0v) is 28.0. The summed E-state index contributed by atoms with van der Waals surface area (Å²) >= 11 is 0. The molecule has 0 aromatic heterocycles. The van der Waals surface area contributed by atoms with Gasteiger partial charge in [0.1, 0.15) is 12.2 Å². The van der Waals surface area contributed by atoms with E-state index in [1.54, 1.807) is 0 Å². The van der Waals surface area contributed by atoms with E-state index in [0.29, 0.717) is 45.1 Å². The van der Waals surface area contributed by atoms with Crippen LogP contribution in [0.2, 0.25) is 0 Å². The van der Waals surface area contributed by atoms with Gasteiger partial charge in [-0.15, -0.1) is 0 Å². The molecule has 0 amide bonds. The predicted molar refractivity (Wildman–Crippen MR) is 164 cm³/mol. The van der Waals surface area contributed by atoms with Crippen LogP contribution in [0, 0.1) is 29.6 Å². The van der Waals surface area contributed by atoms with E-state index in [0.717, 1.165) is 5.57 Å². The fraction of sp³-hybridized carbons (Fsp3) is 0.800. The summed E-state index contributed by atoms with van der Waals surface area (Å²) in [5.74, 6) is -0.643. The first kappa shape index (κ1) is 37.1. The van der Waals surface area contributed by atoms with Gasteiger partial charge in [0.25, 0.3) is 5.08 Å². The molecule has 10 atom stereocenters. The molecule has 3 rings (SSSR count). The molecule has 1 aliphatic heterocycles. The highest BCUT2D eigenvalue weighted by Gasteiger charge is 2.61. The van der Waals surface area contributed by atoms with E-state index in [1.165, 1.54) is 0 Å². The second-order valence-corrected chi connectivity index (χ2v) is 17.0.